The van der Waals surface area contributed by atoms with Crippen LogP contribution in [0.4, 0.5) is 11.4 Å². The highest BCUT2D eigenvalue weighted by Crippen LogP contribution is 2.58. The van der Waals surface area contributed by atoms with Crippen molar-refractivity contribution in [2.45, 2.75) is 19.3 Å². The number of nitrogens with zero attached hydrogens (tertiary/aromatic N) is 1. The quantitative estimate of drug-likeness (QED) is 0.781. The highest BCUT2D eigenvalue weighted by molar-refractivity contribution is 6.03. The molecule has 4 rings (SSSR count). The van der Waals surface area contributed by atoms with Crippen LogP contribution < -0.4 is 15.5 Å². The average molecular weight is 373 g/mol. The van der Waals surface area contributed by atoms with Crippen molar-refractivity contribution in [3.05, 3.63) is 23.8 Å². The molecule has 1 amide bonds. The molecular weight excluding hydrogens is 346 g/mol. The molecule has 0 radical (unpaired) electrons. The fourth-order valence-electron chi connectivity index (χ4n) is 4.35. The first-order valence-electron chi connectivity index (χ1n) is 9.70. The van der Waals surface area contributed by atoms with E-state index in [0.717, 1.165) is 51.1 Å². The lowest BCUT2D eigenvalue weighted by atomic mass is 9.91. The summed E-state index contributed by atoms with van der Waals surface area (Å²) in [6.07, 6.45) is 3.04. The first-order chi connectivity index (χ1) is 13.1. The Morgan fingerprint density at radius 1 is 1.26 bits per heavy atom. The van der Waals surface area contributed by atoms with Gasteiger partial charge in [-0.05, 0) is 56.0 Å². The van der Waals surface area contributed by atoms with E-state index in [1.165, 1.54) is 7.11 Å². The summed E-state index contributed by atoms with van der Waals surface area (Å²) in [5.41, 5.74) is 2.03. The standard InChI is InChI=1S/C20H27N3O4/c1-26-19(25)15-12-14(23-8-10-27-11-9-23)2-3-17(15)22-18(24)16-13-20(16)4-6-21-7-5-20/h2-3,12,16,21H,4-11,13H2,1H3,(H,22,24). The van der Waals surface area contributed by atoms with E-state index in [9.17, 15) is 9.59 Å². The minimum Gasteiger partial charge on any atom is -0.465 e. The molecule has 2 heterocycles. The number of nitrogens with one attached hydrogen (secondary N) is 2. The number of carbonyl (C=O) groups is 2. The van der Waals surface area contributed by atoms with Crippen LogP contribution in [0.5, 0.6) is 0 Å². The molecule has 0 bridgehead atoms. The highest BCUT2D eigenvalue weighted by Gasteiger charge is 2.57. The third-order valence-corrected chi connectivity index (χ3v) is 6.15. The lowest BCUT2D eigenvalue weighted by molar-refractivity contribution is -0.118. The van der Waals surface area contributed by atoms with Crippen molar-refractivity contribution in [1.29, 1.82) is 0 Å². The fourth-order valence-corrected chi connectivity index (χ4v) is 4.35. The Labute approximate surface area is 159 Å². The first-order valence-corrected chi connectivity index (χ1v) is 9.70. The summed E-state index contributed by atoms with van der Waals surface area (Å²) in [4.78, 5) is 27.3. The third kappa shape index (κ3) is 3.66. The Hall–Kier alpha value is -2.12. The van der Waals surface area contributed by atoms with E-state index < -0.39 is 5.97 Å². The Bertz CT molecular complexity index is 724. The maximum Gasteiger partial charge on any atom is 0.340 e. The van der Waals surface area contributed by atoms with Crippen molar-refractivity contribution in [3.8, 4) is 0 Å². The zero-order valence-electron chi connectivity index (χ0n) is 15.8. The number of hydrogen-bond donors (Lipinski definition) is 2. The van der Waals surface area contributed by atoms with Gasteiger partial charge in [0.1, 0.15) is 0 Å². The predicted octanol–water partition coefficient (Wildman–Crippen LogP) is 1.64. The number of benzene rings is 1. The number of methoxy groups -OCH3 is 1. The summed E-state index contributed by atoms with van der Waals surface area (Å²) in [6.45, 7) is 4.86. The summed E-state index contributed by atoms with van der Waals surface area (Å²) >= 11 is 0. The topological polar surface area (TPSA) is 79.9 Å². The van der Waals surface area contributed by atoms with Crippen LogP contribution in [0.25, 0.3) is 0 Å². The molecule has 1 saturated carbocycles. The van der Waals surface area contributed by atoms with Gasteiger partial charge in [0, 0.05) is 24.7 Å². The maximum absolute atomic E-state index is 12.8. The van der Waals surface area contributed by atoms with Crippen LogP contribution in [-0.4, -0.2) is 58.4 Å². The molecule has 3 fully saturated rings. The molecule has 1 aromatic carbocycles. The van der Waals surface area contributed by atoms with Gasteiger partial charge in [0.05, 0.1) is 31.6 Å². The van der Waals surface area contributed by atoms with E-state index in [1.54, 1.807) is 6.07 Å². The number of anilines is 2. The SMILES string of the molecule is COC(=O)c1cc(N2CCOCC2)ccc1NC(=O)C1CC12CCNCC2. The number of rotatable bonds is 4. The second-order valence-corrected chi connectivity index (χ2v) is 7.68. The number of piperidine rings is 1. The molecule has 7 heteroatoms. The molecule has 1 spiro atoms. The van der Waals surface area contributed by atoms with Crippen molar-refractivity contribution < 1.29 is 19.1 Å². The molecule has 1 aliphatic carbocycles. The summed E-state index contributed by atoms with van der Waals surface area (Å²) in [7, 11) is 1.36. The van der Waals surface area contributed by atoms with Crippen molar-refractivity contribution in [2.24, 2.45) is 11.3 Å². The van der Waals surface area contributed by atoms with Crippen LogP contribution in [0.15, 0.2) is 18.2 Å². The van der Waals surface area contributed by atoms with Crippen LogP contribution in [0, 0.1) is 11.3 Å². The molecule has 1 aromatic rings. The molecular formula is C20H27N3O4. The van der Waals surface area contributed by atoms with Gasteiger partial charge in [0.2, 0.25) is 5.91 Å². The molecule has 2 saturated heterocycles. The molecule has 146 valence electrons. The predicted molar refractivity (Wildman–Crippen MR) is 102 cm³/mol. The number of ether oxygens (including phenoxy) is 2. The van der Waals surface area contributed by atoms with Crippen molar-refractivity contribution in [1.82, 2.24) is 5.32 Å². The highest BCUT2D eigenvalue weighted by atomic mass is 16.5. The van der Waals surface area contributed by atoms with Crippen molar-refractivity contribution in [3.63, 3.8) is 0 Å². The molecule has 1 atom stereocenters. The number of morpholine rings is 1. The van der Waals surface area contributed by atoms with E-state index in [-0.39, 0.29) is 17.2 Å². The largest absolute Gasteiger partial charge is 0.465 e. The lowest BCUT2D eigenvalue weighted by Crippen LogP contribution is -2.36. The summed E-state index contributed by atoms with van der Waals surface area (Å²) < 4.78 is 10.3. The number of hydrogen-bond acceptors (Lipinski definition) is 6. The van der Waals surface area contributed by atoms with Gasteiger partial charge >= 0.3 is 5.97 Å². The average Bonchev–Trinajstić information content (AvgIpc) is 3.41. The smallest absolute Gasteiger partial charge is 0.340 e. The van der Waals surface area contributed by atoms with Gasteiger partial charge in [0.15, 0.2) is 0 Å². The second kappa shape index (κ2) is 7.48. The fraction of sp³-hybridized carbons (Fsp3) is 0.600. The van der Waals surface area contributed by atoms with Gasteiger partial charge in [-0.2, -0.15) is 0 Å². The zero-order chi connectivity index (χ0) is 18.9. The van der Waals surface area contributed by atoms with Crippen LogP contribution in [0.3, 0.4) is 0 Å². The Morgan fingerprint density at radius 2 is 2.00 bits per heavy atom. The number of carbonyl (C=O) groups excluding carboxylic acids is 2. The number of esters is 1. The maximum atomic E-state index is 12.8. The van der Waals surface area contributed by atoms with Gasteiger partial charge in [-0.25, -0.2) is 4.79 Å². The normalized spacial score (nSPS) is 23.7. The summed E-state index contributed by atoms with van der Waals surface area (Å²) in [5.74, 6) is -0.377. The molecule has 2 N–H and O–H groups in total. The Balaban J connectivity index is 1.51. The van der Waals surface area contributed by atoms with E-state index in [4.69, 9.17) is 9.47 Å². The minimum absolute atomic E-state index is 0.0150. The van der Waals surface area contributed by atoms with Gasteiger partial charge in [0.25, 0.3) is 0 Å². The van der Waals surface area contributed by atoms with E-state index >= 15 is 0 Å². The molecule has 27 heavy (non-hydrogen) atoms. The second-order valence-electron chi connectivity index (χ2n) is 7.68. The summed E-state index contributed by atoms with van der Waals surface area (Å²) in [6, 6.07) is 5.56. The van der Waals surface area contributed by atoms with E-state index in [1.807, 2.05) is 12.1 Å². The van der Waals surface area contributed by atoms with Gasteiger partial charge < -0.3 is 25.0 Å². The first kappa shape index (κ1) is 18.3. The van der Waals surface area contributed by atoms with Crippen molar-refractivity contribution >= 4 is 23.3 Å². The van der Waals surface area contributed by atoms with Gasteiger partial charge in [-0.3, -0.25) is 4.79 Å². The third-order valence-electron chi connectivity index (χ3n) is 6.15. The van der Waals surface area contributed by atoms with Crippen molar-refractivity contribution in [2.75, 3.05) is 56.7 Å². The minimum atomic E-state index is -0.437. The molecule has 0 aromatic heterocycles. The van der Waals surface area contributed by atoms with Crippen LogP contribution in [0.1, 0.15) is 29.6 Å². The van der Waals surface area contributed by atoms with Crippen LogP contribution in [-0.2, 0) is 14.3 Å². The Morgan fingerprint density at radius 3 is 2.70 bits per heavy atom. The van der Waals surface area contributed by atoms with Gasteiger partial charge in [-0.1, -0.05) is 0 Å². The summed E-state index contributed by atoms with van der Waals surface area (Å²) in [5, 5.41) is 6.34. The van der Waals surface area contributed by atoms with Crippen LogP contribution in [0.2, 0.25) is 0 Å². The van der Waals surface area contributed by atoms with E-state index in [0.29, 0.717) is 24.5 Å². The zero-order valence-corrected chi connectivity index (χ0v) is 15.8. The van der Waals surface area contributed by atoms with E-state index in [2.05, 4.69) is 15.5 Å². The lowest BCUT2D eigenvalue weighted by Gasteiger charge is -2.29. The molecule has 7 nitrogen and oxygen atoms in total. The van der Waals surface area contributed by atoms with Crippen LogP contribution >= 0.6 is 0 Å². The van der Waals surface area contributed by atoms with Gasteiger partial charge in [-0.15, -0.1) is 0 Å². The monoisotopic (exact) mass is 373 g/mol. The number of amides is 1. The Kier molecular flexibility index (Phi) is 5.06. The molecule has 1 unspecified atom stereocenters. The molecule has 3 aliphatic rings. The molecule has 2 aliphatic heterocycles.